The van der Waals surface area contributed by atoms with E-state index in [0.29, 0.717) is 10.0 Å². The zero-order valence-corrected chi connectivity index (χ0v) is 19.0. The normalized spacial score (nSPS) is 9.79. The highest BCUT2D eigenvalue weighted by Gasteiger charge is 2.22. The highest BCUT2D eigenvalue weighted by molar-refractivity contribution is 9.10. The molecule has 0 unspecified atom stereocenters. The van der Waals surface area contributed by atoms with Crippen LogP contribution in [0.15, 0.2) is 71.2 Å². The van der Waals surface area contributed by atoms with Crippen LogP contribution in [0.1, 0.15) is 20.7 Å². The molecule has 0 aliphatic rings. The highest BCUT2D eigenvalue weighted by Crippen LogP contribution is 2.27. The fraction of sp³-hybridized carbons (Fsp3) is 0.0909. The van der Waals surface area contributed by atoms with Crippen LogP contribution in [0.5, 0.6) is 0 Å². The second-order valence-electron chi connectivity index (χ2n) is 6.26. The van der Waals surface area contributed by atoms with Crippen molar-refractivity contribution in [3.05, 3.63) is 103 Å². The molecule has 0 fully saturated rings. The van der Waals surface area contributed by atoms with Crippen LogP contribution in [0.25, 0.3) is 11.1 Å². The lowest BCUT2D eigenvalue weighted by Gasteiger charge is -2.05. The first-order chi connectivity index (χ1) is 15.7. The molecule has 0 heterocycles. The van der Waals surface area contributed by atoms with Gasteiger partial charge in [0.2, 0.25) is 0 Å². The van der Waals surface area contributed by atoms with Crippen LogP contribution in [0.4, 0.5) is 11.4 Å². The Bertz CT molecular complexity index is 1200. The summed E-state index contributed by atoms with van der Waals surface area (Å²) in [6, 6.07) is 17.8. The van der Waals surface area contributed by atoms with E-state index in [-0.39, 0.29) is 22.5 Å². The molecule has 10 nitrogen and oxygen atoms in total. The van der Waals surface area contributed by atoms with Crippen molar-refractivity contribution < 1.29 is 28.9 Å². The highest BCUT2D eigenvalue weighted by atomic mass is 79.9. The summed E-state index contributed by atoms with van der Waals surface area (Å²) < 4.78 is 9.48. The molecule has 0 radical (unpaired) electrons. The number of ether oxygens (including phenoxy) is 2. The summed E-state index contributed by atoms with van der Waals surface area (Å²) in [4.78, 5) is 43.0. The van der Waals surface area contributed by atoms with Gasteiger partial charge in [-0.3, -0.25) is 20.2 Å². The molecule has 0 atom stereocenters. The van der Waals surface area contributed by atoms with Crippen molar-refractivity contribution in [2.24, 2.45) is 0 Å². The number of nitro benzene ring substituents is 2. The SMILES string of the molecule is COC(=O)c1ccc(-c2ccccc2)cc1[N+](=O)[O-].COC(=O)c1ccc(Br)cc1[N+](=O)[O-]. The molecule has 0 N–H and O–H groups in total. The topological polar surface area (TPSA) is 139 Å². The number of nitro groups is 2. The van der Waals surface area contributed by atoms with Crippen LogP contribution >= 0.6 is 15.9 Å². The Morgan fingerprint density at radius 1 is 0.727 bits per heavy atom. The van der Waals surface area contributed by atoms with Crippen LogP contribution in [-0.2, 0) is 9.47 Å². The van der Waals surface area contributed by atoms with E-state index in [4.69, 9.17) is 0 Å². The molecular formula is C22H17BrN2O8. The quantitative estimate of drug-likeness (QED) is 0.256. The minimum Gasteiger partial charge on any atom is -0.465 e. The molecule has 3 rings (SSSR count). The fourth-order valence-electron chi connectivity index (χ4n) is 2.71. The zero-order chi connectivity index (χ0) is 24.5. The van der Waals surface area contributed by atoms with Crippen LogP contribution < -0.4 is 0 Å². The monoisotopic (exact) mass is 516 g/mol. The molecule has 0 amide bonds. The molecule has 170 valence electrons. The Hall–Kier alpha value is -4.12. The van der Waals surface area contributed by atoms with Crippen LogP contribution in [0.3, 0.4) is 0 Å². The minimum absolute atomic E-state index is 0.0489. The van der Waals surface area contributed by atoms with E-state index in [1.807, 2.05) is 30.3 Å². The van der Waals surface area contributed by atoms with Crippen LogP contribution in [0.2, 0.25) is 0 Å². The summed E-state index contributed by atoms with van der Waals surface area (Å²) in [7, 11) is 2.37. The first-order valence-corrected chi connectivity index (χ1v) is 9.93. The van der Waals surface area contributed by atoms with Crippen molar-refractivity contribution in [1.82, 2.24) is 0 Å². The molecule has 0 spiro atoms. The maximum atomic E-state index is 11.5. The van der Waals surface area contributed by atoms with Gasteiger partial charge in [-0.2, -0.15) is 0 Å². The van der Waals surface area contributed by atoms with E-state index in [2.05, 4.69) is 25.4 Å². The smallest absolute Gasteiger partial charge is 0.344 e. The second kappa shape index (κ2) is 11.5. The average molecular weight is 517 g/mol. The number of benzene rings is 3. The van der Waals surface area contributed by atoms with E-state index in [0.717, 1.165) is 5.56 Å². The van der Waals surface area contributed by atoms with Crippen molar-refractivity contribution in [2.75, 3.05) is 14.2 Å². The van der Waals surface area contributed by atoms with E-state index in [9.17, 15) is 29.8 Å². The van der Waals surface area contributed by atoms with Crippen molar-refractivity contribution in [3.8, 4) is 11.1 Å². The summed E-state index contributed by atoms with van der Waals surface area (Å²) in [5.41, 5.74) is 0.897. The Morgan fingerprint density at radius 3 is 1.70 bits per heavy atom. The molecule has 0 saturated heterocycles. The summed E-state index contributed by atoms with van der Waals surface area (Å²) in [5.74, 6) is -1.43. The average Bonchev–Trinajstić information content (AvgIpc) is 2.83. The van der Waals surface area contributed by atoms with E-state index in [1.165, 1.54) is 38.5 Å². The van der Waals surface area contributed by atoms with Crippen molar-refractivity contribution >= 4 is 39.2 Å². The van der Waals surface area contributed by atoms with Gasteiger partial charge >= 0.3 is 11.9 Å². The molecule has 0 saturated carbocycles. The van der Waals surface area contributed by atoms with Gasteiger partial charge in [0.1, 0.15) is 11.1 Å². The summed E-state index contributed by atoms with van der Waals surface area (Å²) in [5, 5.41) is 21.6. The minimum atomic E-state index is -0.718. The third-order valence-electron chi connectivity index (χ3n) is 4.27. The Balaban J connectivity index is 0.000000245. The Labute approximate surface area is 196 Å². The standard InChI is InChI=1S/C14H11NO4.C8H6BrNO4/c1-19-14(16)12-8-7-11(9-13(12)15(17)18)10-5-3-2-4-6-10;1-14-8(11)6-3-2-5(9)4-7(6)10(12)13/h2-9H,1H3;2-4H,1H3. The fourth-order valence-corrected chi connectivity index (χ4v) is 3.06. The van der Waals surface area contributed by atoms with Gasteiger partial charge < -0.3 is 9.47 Å². The van der Waals surface area contributed by atoms with E-state index < -0.39 is 21.8 Å². The van der Waals surface area contributed by atoms with Crippen molar-refractivity contribution in [2.45, 2.75) is 0 Å². The van der Waals surface area contributed by atoms with Gasteiger partial charge in [-0.1, -0.05) is 52.3 Å². The molecule has 0 aliphatic carbocycles. The molecule has 0 aliphatic heterocycles. The summed E-state index contributed by atoms with van der Waals surface area (Å²) in [6.45, 7) is 0. The van der Waals surface area contributed by atoms with Crippen molar-refractivity contribution in [1.29, 1.82) is 0 Å². The largest absolute Gasteiger partial charge is 0.465 e. The van der Waals surface area contributed by atoms with Gasteiger partial charge in [-0.15, -0.1) is 0 Å². The van der Waals surface area contributed by atoms with E-state index in [1.54, 1.807) is 12.1 Å². The molecule has 33 heavy (non-hydrogen) atoms. The number of methoxy groups -OCH3 is 2. The van der Waals surface area contributed by atoms with Gasteiger partial charge in [-0.05, 0) is 29.3 Å². The third kappa shape index (κ3) is 6.43. The molecule has 11 heteroatoms. The number of hydrogen-bond donors (Lipinski definition) is 0. The van der Waals surface area contributed by atoms with Gasteiger partial charge in [0.15, 0.2) is 0 Å². The Kier molecular flexibility index (Phi) is 8.75. The van der Waals surface area contributed by atoms with Gasteiger partial charge in [0.05, 0.1) is 24.1 Å². The first kappa shape index (κ1) is 25.1. The lowest BCUT2D eigenvalue weighted by Crippen LogP contribution is -2.05. The van der Waals surface area contributed by atoms with Crippen molar-refractivity contribution in [3.63, 3.8) is 0 Å². The molecular weight excluding hydrogens is 500 g/mol. The number of carbonyl (C=O) groups excluding carboxylic acids is 2. The van der Waals surface area contributed by atoms with Crippen LogP contribution in [-0.4, -0.2) is 36.0 Å². The van der Waals surface area contributed by atoms with Gasteiger partial charge in [0.25, 0.3) is 11.4 Å². The van der Waals surface area contributed by atoms with Gasteiger partial charge in [-0.25, -0.2) is 9.59 Å². The maximum Gasteiger partial charge on any atom is 0.344 e. The number of esters is 2. The number of hydrogen-bond acceptors (Lipinski definition) is 8. The van der Waals surface area contributed by atoms with E-state index >= 15 is 0 Å². The number of rotatable bonds is 5. The number of carbonyl (C=O) groups is 2. The Morgan fingerprint density at radius 2 is 1.21 bits per heavy atom. The molecule has 0 bridgehead atoms. The zero-order valence-electron chi connectivity index (χ0n) is 17.4. The predicted octanol–water partition coefficient (Wildman–Crippen LogP) is 5.19. The lowest BCUT2D eigenvalue weighted by molar-refractivity contribution is -0.385. The number of nitrogens with zero attached hydrogens (tertiary/aromatic N) is 2. The predicted molar refractivity (Wildman–Crippen MR) is 122 cm³/mol. The molecule has 0 aromatic heterocycles. The second-order valence-corrected chi connectivity index (χ2v) is 7.17. The van der Waals surface area contributed by atoms with Crippen LogP contribution in [0, 0.1) is 20.2 Å². The summed E-state index contributed by atoms with van der Waals surface area (Å²) >= 11 is 3.08. The summed E-state index contributed by atoms with van der Waals surface area (Å²) in [6.07, 6.45) is 0. The van der Waals surface area contributed by atoms with Gasteiger partial charge in [0, 0.05) is 16.6 Å². The third-order valence-corrected chi connectivity index (χ3v) is 4.76. The molecule has 3 aromatic rings. The lowest BCUT2D eigenvalue weighted by atomic mass is 10.0. The number of halogens is 1. The maximum absolute atomic E-state index is 11.5. The first-order valence-electron chi connectivity index (χ1n) is 9.14. The molecule has 3 aromatic carbocycles.